The number of rotatable bonds is 15. The Bertz CT molecular complexity index is 455. The van der Waals surface area contributed by atoms with Crippen LogP contribution in [0, 0.1) is 0 Å². The van der Waals surface area contributed by atoms with E-state index < -0.39 is 49.6 Å². The molecule has 0 bridgehead atoms. The third kappa shape index (κ3) is 11.0. The van der Waals surface area contributed by atoms with Gasteiger partial charge in [0.2, 0.25) is 0 Å². The lowest BCUT2D eigenvalue weighted by Crippen LogP contribution is -2.48. The van der Waals surface area contributed by atoms with Gasteiger partial charge in [-0.1, -0.05) is 6.42 Å². The van der Waals surface area contributed by atoms with Gasteiger partial charge in [-0.3, -0.25) is 29.0 Å². The van der Waals surface area contributed by atoms with Crippen LogP contribution in [0.25, 0.3) is 0 Å². The molecule has 0 aromatic carbocycles. The molecule has 0 spiro atoms. The fourth-order valence-electron chi connectivity index (χ4n) is 2.33. The van der Waals surface area contributed by atoms with Crippen molar-refractivity contribution in [2.75, 3.05) is 39.3 Å². The predicted molar refractivity (Wildman–Crippen MR) is 85.2 cm³/mol. The highest BCUT2D eigenvalue weighted by molar-refractivity contribution is 5.75. The lowest BCUT2D eigenvalue weighted by molar-refractivity contribution is -0.148. The minimum absolute atomic E-state index is 0.0907. The SMILES string of the molecule is NCCCC[C@@H](C(=O)O)N(CCN(CC(=O)O)CC(=O)O)CC(=O)O. The van der Waals surface area contributed by atoms with E-state index in [9.17, 15) is 24.3 Å². The van der Waals surface area contributed by atoms with Gasteiger partial charge in [-0.15, -0.1) is 0 Å². The molecule has 144 valence electrons. The summed E-state index contributed by atoms with van der Waals surface area (Å²) in [5.41, 5.74) is 5.37. The maximum absolute atomic E-state index is 11.4. The summed E-state index contributed by atoms with van der Waals surface area (Å²) < 4.78 is 0. The van der Waals surface area contributed by atoms with Gasteiger partial charge >= 0.3 is 23.9 Å². The molecule has 1 atom stereocenters. The molecule has 11 nitrogen and oxygen atoms in total. The highest BCUT2D eigenvalue weighted by atomic mass is 16.4. The van der Waals surface area contributed by atoms with Gasteiger partial charge in [-0.2, -0.15) is 0 Å². The summed E-state index contributed by atoms with van der Waals surface area (Å²) >= 11 is 0. The second kappa shape index (κ2) is 12.2. The van der Waals surface area contributed by atoms with Crippen molar-refractivity contribution in [3.63, 3.8) is 0 Å². The molecule has 0 aliphatic carbocycles. The van der Waals surface area contributed by atoms with E-state index in [-0.39, 0.29) is 19.5 Å². The van der Waals surface area contributed by atoms with E-state index in [1.54, 1.807) is 0 Å². The van der Waals surface area contributed by atoms with Gasteiger partial charge in [-0.25, -0.2) is 0 Å². The van der Waals surface area contributed by atoms with Gasteiger partial charge in [0.25, 0.3) is 0 Å². The van der Waals surface area contributed by atoms with Crippen molar-refractivity contribution in [1.29, 1.82) is 0 Å². The fraction of sp³-hybridized carbons (Fsp3) is 0.714. The summed E-state index contributed by atoms with van der Waals surface area (Å²) in [5, 5.41) is 35.9. The Kier molecular flexibility index (Phi) is 11.1. The average Bonchev–Trinajstić information content (AvgIpc) is 2.46. The first kappa shape index (κ1) is 22.8. The van der Waals surface area contributed by atoms with Crippen molar-refractivity contribution in [3.05, 3.63) is 0 Å². The molecule has 11 heteroatoms. The number of hydrogen-bond acceptors (Lipinski definition) is 7. The number of carbonyl (C=O) groups is 4. The molecule has 25 heavy (non-hydrogen) atoms. The molecule has 0 aromatic rings. The molecule has 0 heterocycles. The Hall–Kier alpha value is -2.24. The first-order chi connectivity index (χ1) is 11.7. The molecular weight excluding hydrogens is 338 g/mol. The summed E-state index contributed by atoms with van der Waals surface area (Å²) in [7, 11) is 0. The summed E-state index contributed by atoms with van der Waals surface area (Å²) in [6.45, 7) is -1.43. The Morgan fingerprint density at radius 2 is 1.32 bits per heavy atom. The van der Waals surface area contributed by atoms with E-state index >= 15 is 0 Å². The van der Waals surface area contributed by atoms with E-state index in [1.165, 1.54) is 4.90 Å². The number of aliphatic carboxylic acids is 4. The minimum Gasteiger partial charge on any atom is -0.480 e. The van der Waals surface area contributed by atoms with Gasteiger partial charge in [0, 0.05) is 13.1 Å². The molecule has 0 rings (SSSR count). The Labute approximate surface area is 144 Å². The molecule has 6 N–H and O–H groups in total. The van der Waals surface area contributed by atoms with Crippen LogP contribution in [0.2, 0.25) is 0 Å². The van der Waals surface area contributed by atoms with Crippen molar-refractivity contribution in [2.24, 2.45) is 5.73 Å². The van der Waals surface area contributed by atoms with E-state index in [0.29, 0.717) is 19.4 Å². The number of nitrogens with two attached hydrogens (primary N) is 1. The zero-order valence-corrected chi connectivity index (χ0v) is 13.8. The lowest BCUT2D eigenvalue weighted by Gasteiger charge is -2.29. The zero-order valence-electron chi connectivity index (χ0n) is 13.8. The van der Waals surface area contributed by atoms with Crippen LogP contribution >= 0.6 is 0 Å². The highest BCUT2D eigenvalue weighted by Gasteiger charge is 2.27. The number of nitrogens with zero attached hydrogens (tertiary/aromatic N) is 2. The first-order valence-corrected chi connectivity index (χ1v) is 7.72. The van der Waals surface area contributed by atoms with Crippen LogP contribution in [-0.2, 0) is 19.2 Å². The van der Waals surface area contributed by atoms with E-state index in [0.717, 1.165) is 4.90 Å². The molecule has 0 aliphatic heterocycles. The standard InChI is InChI=1S/C14H25N3O8/c15-4-2-1-3-10(14(24)25)17(9-13(22)23)6-5-16(7-11(18)19)8-12(20)21/h10H,1-9,15H2,(H,18,19)(H,20,21)(H,22,23)(H,24,25)/t10-/m0/s1. The van der Waals surface area contributed by atoms with E-state index in [1.807, 2.05) is 0 Å². The lowest BCUT2D eigenvalue weighted by atomic mass is 10.1. The van der Waals surface area contributed by atoms with Crippen LogP contribution in [0.1, 0.15) is 19.3 Å². The summed E-state index contributed by atoms with van der Waals surface area (Å²) in [5.74, 6) is -4.89. The summed E-state index contributed by atoms with van der Waals surface area (Å²) in [4.78, 5) is 46.3. The molecule has 0 amide bonds. The van der Waals surface area contributed by atoms with Crippen molar-refractivity contribution >= 4 is 23.9 Å². The van der Waals surface area contributed by atoms with Crippen LogP contribution in [0.5, 0.6) is 0 Å². The number of unbranched alkanes of at least 4 members (excludes halogenated alkanes) is 1. The monoisotopic (exact) mass is 363 g/mol. The number of carboxylic acids is 4. The molecule has 0 fully saturated rings. The summed E-state index contributed by atoms with van der Waals surface area (Å²) in [6.07, 6.45) is 1.28. The molecule has 0 aromatic heterocycles. The van der Waals surface area contributed by atoms with Crippen molar-refractivity contribution < 1.29 is 39.6 Å². The second-order valence-electron chi connectivity index (χ2n) is 5.50. The molecule has 0 aliphatic rings. The van der Waals surface area contributed by atoms with Gasteiger partial charge < -0.3 is 26.2 Å². The normalized spacial score (nSPS) is 12.3. The Morgan fingerprint density at radius 3 is 1.72 bits per heavy atom. The maximum atomic E-state index is 11.4. The van der Waals surface area contributed by atoms with Crippen LogP contribution in [0.3, 0.4) is 0 Å². The molecule has 0 saturated carbocycles. The Morgan fingerprint density at radius 1 is 0.800 bits per heavy atom. The topological polar surface area (TPSA) is 182 Å². The van der Waals surface area contributed by atoms with E-state index in [4.69, 9.17) is 21.1 Å². The first-order valence-electron chi connectivity index (χ1n) is 7.72. The maximum Gasteiger partial charge on any atom is 0.320 e. The third-order valence-electron chi connectivity index (χ3n) is 3.42. The molecule has 0 saturated heterocycles. The summed E-state index contributed by atoms with van der Waals surface area (Å²) in [6, 6.07) is -1.07. The van der Waals surface area contributed by atoms with Gasteiger partial charge in [0.15, 0.2) is 0 Å². The van der Waals surface area contributed by atoms with Gasteiger partial charge in [0.05, 0.1) is 19.6 Å². The molecular formula is C14H25N3O8. The molecule has 0 unspecified atom stereocenters. The van der Waals surface area contributed by atoms with Crippen LogP contribution in [-0.4, -0.2) is 99.4 Å². The molecule has 0 radical (unpaired) electrons. The van der Waals surface area contributed by atoms with Crippen LogP contribution in [0.4, 0.5) is 0 Å². The zero-order chi connectivity index (χ0) is 19.4. The van der Waals surface area contributed by atoms with E-state index in [2.05, 4.69) is 0 Å². The largest absolute Gasteiger partial charge is 0.480 e. The third-order valence-corrected chi connectivity index (χ3v) is 3.42. The van der Waals surface area contributed by atoms with Crippen molar-refractivity contribution in [1.82, 2.24) is 9.80 Å². The Balaban J connectivity index is 5.01. The second-order valence-corrected chi connectivity index (χ2v) is 5.50. The van der Waals surface area contributed by atoms with Crippen LogP contribution in [0.15, 0.2) is 0 Å². The van der Waals surface area contributed by atoms with Gasteiger partial charge in [-0.05, 0) is 19.4 Å². The fourth-order valence-corrected chi connectivity index (χ4v) is 2.33. The number of carboxylic acid groups (broad SMARTS) is 4. The van der Waals surface area contributed by atoms with Crippen LogP contribution < -0.4 is 5.73 Å². The smallest absolute Gasteiger partial charge is 0.320 e. The average molecular weight is 363 g/mol. The van der Waals surface area contributed by atoms with Gasteiger partial charge in [0.1, 0.15) is 6.04 Å². The minimum atomic E-state index is -1.23. The van der Waals surface area contributed by atoms with Crippen molar-refractivity contribution in [3.8, 4) is 0 Å². The highest BCUT2D eigenvalue weighted by Crippen LogP contribution is 2.10. The number of hydrogen-bond donors (Lipinski definition) is 5. The predicted octanol–water partition coefficient (Wildman–Crippen LogP) is -1.57. The van der Waals surface area contributed by atoms with Crippen molar-refractivity contribution in [2.45, 2.75) is 25.3 Å². The quantitative estimate of drug-likeness (QED) is 0.212.